The Morgan fingerprint density at radius 1 is 1.00 bits per heavy atom. The van der Waals surface area contributed by atoms with Gasteiger partial charge in [0.1, 0.15) is 11.4 Å². The summed E-state index contributed by atoms with van der Waals surface area (Å²) in [5.74, 6) is -0.934. The number of amides is 2. The van der Waals surface area contributed by atoms with Crippen LogP contribution in [0.1, 0.15) is 35.7 Å². The molecular weight excluding hydrogens is 385 g/mol. The Bertz CT molecular complexity index is 1090. The third kappa shape index (κ3) is 5.20. The molecule has 1 aromatic heterocycles. The summed E-state index contributed by atoms with van der Waals surface area (Å²) in [6, 6.07) is 15.6. The number of carbonyl (C=O) groups is 2. The minimum Gasteiger partial charge on any atom is -0.348 e. The van der Waals surface area contributed by atoms with Crippen molar-refractivity contribution in [1.82, 2.24) is 9.88 Å². The average Bonchev–Trinajstić information content (AvgIpc) is 2.74. The highest BCUT2D eigenvalue weighted by molar-refractivity contribution is 5.94. The molecule has 3 rings (SSSR count). The third-order valence-electron chi connectivity index (χ3n) is 4.46. The van der Waals surface area contributed by atoms with Crippen molar-refractivity contribution in [2.45, 2.75) is 26.3 Å². The molecule has 0 fully saturated rings. The smallest absolute Gasteiger partial charge is 0.267 e. The molecule has 0 atom stereocenters. The summed E-state index contributed by atoms with van der Waals surface area (Å²) in [4.78, 5) is 37.0. The van der Waals surface area contributed by atoms with E-state index in [4.69, 9.17) is 0 Å². The maximum Gasteiger partial charge on any atom is 0.267 e. The molecule has 2 aromatic carbocycles. The van der Waals surface area contributed by atoms with Gasteiger partial charge in [-0.15, -0.1) is 0 Å². The second kappa shape index (κ2) is 9.65. The fourth-order valence-corrected chi connectivity index (χ4v) is 2.91. The van der Waals surface area contributed by atoms with Crippen LogP contribution in [0, 0.1) is 5.82 Å². The molecule has 6 nitrogen and oxygen atoms in total. The zero-order valence-electron chi connectivity index (χ0n) is 16.5. The molecule has 0 unspecified atom stereocenters. The third-order valence-corrected chi connectivity index (χ3v) is 4.46. The molecule has 0 aliphatic carbocycles. The zero-order valence-corrected chi connectivity index (χ0v) is 16.5. The minimum absolute atomic E-state index is 0.0000585. The highest BCUT2D eigenvalue weighted by Gasteiger charge is 2.13. The number of benzene rings is 2. The van der Waals surface area contributed by atoms with E-state index in [0.717, 1.165) is 12.0 Å². The van der Waals surface area contributed by atoms with Crippen LogP contribution in [0.2, 0.25) is 0 Å². The highest BCUT2D eigenvalue weighted by atomic mass is 19.1. The topological polar surface area (TPSA) is 80.2 Å². The van der Waals surface area contributed by atoms with Crippen LogP contribution in [0.5, 0.6) is 0 Å². The van der Waals surface area contributed by atoms with Crippen LogP contribution < -0.4 is 16.2 Å². The molecule has 0 aliphatic heterocycles. The molecule has 1 heterocycles. The maximum absolute atomic E-state index is 13.0. The largest absolute Gasteiger partial charge is 0.348 e. The van der Waals surface area contributed by atoms with Gasteiger partial charge in [-0.25, -0.2) is 4.39 Å². The number of anilines is 1. The van der Waals surface area contributed by atoms with Gasteiger partial charge in [-0.05, 0) is 60.5 Å². The first-order valence-electron chi connectivity index (χ1n) is 9.62. The van der Waals surface area contributed by atoms with Crippen LogP contribution in [0.4, 0.5) is 10.1 Å². The average molecular weight is 407 g/mol. The van der Waals surface area contributed by atoms with Gasteiger partial charge in [0, 0.05) is 30.5 Å². The molecule has 3 aromatic rings. The van der Waals surface area contributed by atoms with E-state index in [1.807, 2.05) is 6.92 Å². The Morgan fingerprint density at radius 3 is 2.37 bits per heavy atom. The molecule has 30 heavy (non-hydrogen) atoms. The van der Waals surface area contributed by atoms with Gasteiger partial charge in [0.2, 0.25) is 5.91 Å². The first kappa shape index (κ1) is 21.0. The number of aromatic nitrogens is 1. The summed E-state index contributed by atoms with van der Waals surface area (Å²) in [5.41, 5.74) is 1.47. The second-order valence-electron chi connectivity index (χ2n) is 6.75. The first-order chi connectivity index (χ1) is 14.5. The van der Waals surface area contributed by atoms with Gasteiger partial charge >= 0.3 is 0 Å². The second-order valence-corrected chi connectivity index (χ2v) is 6.75. The van der Waals surface area contributed by atoms with Gasteiger partial charge in [0.15, 0.2) is 0 Å². The van der Waals surface area contributed by atoms with E-state index in [1.165, 1.54) is 22.8 Å². The lowest BCUT2D eigenvalue weighted by Crippen LogP contribution is -2.32. The van der Waals surface area contributed by atoms with Gasteiger partial charge in [-0.2, -0.15) is 0 Å². The monoisotopic (exact) mass is 407 g/mol. The summed E-state index contributed by atoms with van der Waals surface area (Å²) >= 11 is 0. The van der Waals surface area contributed by atoms with Crippen LogP contribution in [0.25, 0.3) is 5.69 Å². The van der Waals surface area contributed by atoms with Crippen molar-refractivity contribution in [3.05, 3.63) is 94.2 Å². The number of carbonyl (C=O) groups excluding carboxylic acids is 2. The van der Waals surface area contributed by atoms with Crippen molar-refractivity contribution in [1.29, 1.82) is 0 Å². The molecule has 0 radical (unpaired) electrons. The number of halogens is 1. The predicted molar refractivity (Wildman–Crippen MR) is 113 cm³/mol. The number of rotatable bonds is 7. The first-order valence-corrected chi connectivity index (χ1v) is 9.62. The Hall–Kier alpha value is -3.74. The van der Waals surface area contributed by atoms with Crippen molar-refractivity contribution >= 4 is 17.5 Å². The quantitative estimate of drug-likeness (QED) is 0.627. The summed E-state index contributed by atoms with van der Waals surface area (Å²) < 4.78 is 14.3. The number of hydrogen-bond donors (Lipinski definition) is 2. The van der Waals surface area contributed by atoms with Gasteiger partial charge in [-0.1, -0.05) is 19.1 Å². The number of nitrogens with zero attached hydrogens (tertiary/aromatic N) is 1. The number of hydrogen-bond acceptors (Lipinski definition) is 3. The number of pyridine rings is 1. The minimum atomic E-state index is -0.512. The van der Waals surface area contributed by atoms with Crippen LogP contribution in [0.3, 0.4) is 0 Å². The molecule has 7 heteroatoms. The van der Waals surface area contributed by atoms with E-state index >= 15 is 0 Å². The summed E-state index contributed by atoms with van der Waals surface area (Å²) in [7, 11) is 0. The standard InChI is InChI=1S/C23H22FN3O3/c1-2-4-21(28)26-18-10-12-19(13-11-18)27-14-3-5-20(23(27)30)22(29)25-15-16-6-8-17(24)9-7-16/h3,5-14H,2,4,15H2,1H3,(H,25,29)(H,26,28). The van der Waals surface area contributed by atoms with Crippen LogP contribution >= 0.6 is 0 Å². The lowest BCUT2D eigenvalue weighted by Gasteiger charge is -2.10. The molecule has 2 N–H and O–H groups in total. The van der Waals surface area contributed by atoms with Gasteiger partial charge in [0.05, 0.1) is 0 Å². The molecule has 154 valence electrons. The molecule has 2 amide bonds. The molecule has 0 bridgehead atoms. The van der Waals surface area contributed by atoms with Gasteiger partial charge in [-0.3, -0.25) is 19.0 Å². The van der Waals surface area contributed by atoms with Crippen molar-refractivity contribution in [2.24, 2.45) is 0 Å². The Labute approximate surface area is 173 Å². The molecule has 0 saturated heterocycles. The zero-order chi connectivity index (χ0) is 21.5. The van der Waals surface area contributed by atoms with E-state index in [0.29, 0.717) is 17.8 Å². The SMILES string of the molecule is CCCC(=O)Nc1ccc(-n2cccc(C(=O)NCc3ccc(F)cc3)c2=O)cc1. The predicted octanol–water partition coefficient (Wildman–Crippen LogP) is 3.65. The van der Waals surface area contributed by atoms with E-state index in [2.05, 4.69) is 10.6 Å². The van der Waals surface area contributed by atoms with E-state index < -0.39 is 11.5 Å². The van der Waals surface area contributed by atoms with E-state index in [-0.39, 0.29) is 23.8 Å². The lowest BCUT2D eigenvalue weighted by molar-refractivity contribution is -0.116. The Morgan fingerprint density at radius 2 is 1.70 bits per heavy atom. The molecule has 0 saturated carbocycles. The normalized spacial score (nSPS) is 10.5. The van der Waals surface area contributed by atoms with Crippen LogP contribution in [0.15, 0.2) is 71.7 Å². The van der Waals surface area contributed by atoms with Crippen molar-refractivity contribution in [2.75, 3.05) is 5.32 Å². The van der Waals surface area contributed by atoms with E-state index in [1.54, 1.807) is 48.7 Å². The highest BCUT2D eigenvalue weighted by Crippen LogP contribution is 2.13. The van der Waals surface area contributed by atoms with Crippen molar-refractivity contribution < 1.29 is 14.0 Å². The van der Waals surface area contributed by atoms with Crippen LogP contribution in [-0.2, 0) is 11.3 Å². The Balaban J connectivity index is 1.74. The number of nitrogens with one attached hydrogen (secondary N) is 2. The molecule has 0 aliphatic rings. The van der Waals surface area contributed by atoms with Gasteiger partial charge in [0.25, 0.3) is 11.5 Å². The van der Waals surface area contributed by atoms with Crippen molar-refractivity contribution in [3.63, 3.8) is 0 Å². The Kier molecular flexibility index (Phi) is 6.75. The molecular formula is C23H22FN3O3. The maximum atomic E-state index is 13.0. The fraction of sp³-hybridized carbons (Fsp3) is 0.174. The fourth-order valence-electron chi connectivity index (χ4n) is 2.91. The molecule has 0 spiro atoms. The lowest BCUT2D eigenvalue weighted by atomic mass is 10.2. The van der Waals surface area contributed by atoms with Gasteiger partial charge < -0.3 is 10.6 Å². The summed E-state index contributed by atoms with van der Waals surface area (Å²) in [6.07, 6.45) is 2.77. The summed E-state index contributed by atoms with van der Waals surface area (Å²) in [5, 5.41) is 5.46. The van der Waals surface area contributed by atoms with Crippen molar-refractivity contribution in [3.8, 4) is 5.69 Å². The summed E-state index contributed by atoms with van der Waals surface area (Å²) in [6.45, 7) is 2.11. The van der Waals surface area contributed by atoms with E-state index in [9.17, 15) is 18.8 Å². The van der Waals surface area contributed by atoms with Crippen LogP contribution in [-0.4, -0.2) is 16.4 Å².